The monoisotopic (exact) mass is 418 g/mol. The molecule has 1 unspecified atom stereocenters. The van der Waals surface area contributed by atoms with Crippen molar-refractivity contribution in [3.63, 3.8) is 0 Å². The van der Waals surface area contributed by atoms with Gasteiger partial charge in [-0.25, -0.2) is 4.99 Å². The molecule has 0 aromatic heterocycles. The molecule has 0 radical (unpaired) electrons. The highest BCUT2D eigenvalue weighted by Gasteiger charge is 2.34. The van der Waals surface area contributed by atoms with Gasteiger partial charge in [0.25, 0.3) is 0 Å². The molecule has 2 heterocycles. The van der Waals surface area contributed by atoms with Gasteiger partial charge >= 0.3 is 0 Å². The van der Waals surface area contributed by atoms with Crippen molar-refractivity contribution >= 4 is 5.96 Å². The summed E-state index contributed by atoms with van der Waals surface area (Å²) in [5.41, 5.74) is 2.36. The third kappa shape index (κ3) is 5.38. The van der Waals surface area contributed by atoms with Gasteiger partial charge in [-0.3, -0.25) is 0 Å². The average Bonchev–Trinajstić information content (AvgIpc) is 3.09. The van der Waals surface area contributed by atoms with Crippen LogP contribution in [0.25, 0.3) is 0 Å². The number of ether oxygens (including phenoxy) is 3. The molecule has 1 saturated heterocycles. The quantitative estimate of drug-likeness (QED) is 0.500. The Bertz CT molecular complexity index is 729. The van der Waals surface area contributed by atoms with Crippen molar-refractivity contribution in [2.75, 3.05) is 47.0 Å². The summed E-state index contributed by atoms with van der Waals surface area (Å²) < 4.78 is 17.4. The van der Waals surface area contributed by atoms with Crippen LogP contribution in [0.3, 0.4) is 0 Å². The lowest BCUT2D eigenvalue weighted by atomic mass is 9.88. The maximum Gasteiger partial charge on any atom is 0.191 e. The Morgan fingerprint density at radius 3 is 2.67 bits per heavy atom. The Kier molecular flexibility index (Phi) is 7.83. The molecule has 7 nitrogen and oxygen atoms in total. The Balaban J connectivity index is 1.73. The van der Waals surface area contributed by atoms with E-state index in [9.17, 15) is 0 Å². The molecule has 7 heteroatoms. The van der Waals surface area contributed by atoms with Gasteiger partial charge in [-0.05, 0) is 59.8 Å². The maximum absolute atomic E-state index is 5.95. The topological polar surface area (TPSA) is 67.4 Å². The second-order valence-corrected chi connectivity index (χ2v) is 8.41. The van der Waals surface area contributed by atoms with E-state index >= 15 is 0 Å². The number of hydrogen-bond donors (Lipinski definition) is 2. The molecule has 2 aliphatic rings. The predicted molar refractivity (Wildman–Crippen MR) is 121 cm³/mol. The molecule has 168 valence electrons. The minimum Gasteiger partial charge on any atom is -0.494 e. The number of aliphatic imine (C=N–C) groups is 1. The molecule has 1 aromatic carbocycles. The number of hydrogen-bond acceptors (Lipinski definition) is 5. The molecule has 0 saturated carbocycles. The molecular formula is C23H38N4O3. The fourth-order valence-corrected chi connectivity index (χ4v) is 4.18. The first-order valence-electron chi connectivity index (χ1n) is 11.2. The third-order valence-corrected chi connectivity index (χ3v) is 6.09. The zero-order valence-electron chi connectivity index (χ0n) is 19.2. The SMILES string of the molecule is CCNC(=NCc1cc2c(cc1OCC)CC(C)O2)NCC1(N(C)C)CCOCC1. The van der Waals surface area contributed by atoms with Gasteiger partial charge < -0.3 is 29.7 Å². The van der Waals surface area contributed by atoms with Gasteiger partial charge in [-0.15, -0.1) is 0 Å². The van der Waals surface area contributed by atoms with Crippen LogP contribution in [-0.2, 0) is 17.7 Å². The van der Waals surface area contributed by atoms with Crippen LogP contribution >= 0.6 is 0 Å². The first-order valence-corrected chi connectivity index (χ1v) is 11.2. The van der Waals surface area contributed by atoms with Gasteiger partial charge in [0.1, 0.15) is 17.6 Å². The lowest BCUT2D eigenvalue weighted by molar-refractivity contribution is -0.00501. The summed E-state index contributed by atoms with van der Waals surface area (Å²) in [5.74, 6) is 2.69. The Hall–Kier alpha value is -1.99. The van der Waals surface area contributed by atoms with Crippen LogP contribution in [0.2, 0.25) is 0 Å². The van der Waals surface area contributed by atoms with E-state index in [2.05, 4.69) is 55.6 Å². The van der Waals surface area contributed by atoms with Crippen molar-refractivity contribution in [1.29, 1.82) is 0 Å². The summed E-state index contributed by atoms with van der Waals surface area (Å²) in [7, 11) is 4.30. The Labute approximate surface area is 181 Å². The van der Waals surface area contributed by atoms with E-state index in [1.807, 2.05) is 6.92 Å². The van der Waals surface area contributed by atoms with E-state index in [0.29, 0.717) is 13.2 Å². The zero-order valence-corrected chi connectivity index (χ0v) is 19.2. The van der Waals surface area contributed by atoms with Crippen LogP contribution in [-0.4, -0.2) is 69.5 Å². The van der Waals surface area contributed by atoms with Crippen LogP contribution in [0, 0.1) is 0 Å². The van der Waals surface area contributed by atoms with Gasteiger partial charge in [0, 0.05) is 49.4 Å². The number of likely N-dealkylation sites (N-methyl/N-ethyl adjacent to an activating group) is 1. The fourth-order valence-electron chi connectivity index (χ4n) is 4.18. The van der Waals surface area contributed by atoms with Crippen LogP contribution in [0.15, 0.2) is 17.1 Å². The second kappa shape index (κ2) is 10.4. The van der Waals surface area contributed by atoms with Crippen molar-refractivity contribution in [1.82, 2.24) is 15.5 Å². The van der Waals surface area contributed by atoms with E-state index < -0.39 is 0 Å². The molecule has 1 atom stereocenters. The minimum absolute atomic E-state index is 0.0858. The molecule has 30 heavy (non-hydrogen) atoms. The predicted octanol–water partition coefficient (Wildman–Crippen LogP) is 2.57. The fraction of sp³-hybridized carbons (Fsp3) is 0.696. The summed E-state index contributed by atoms with van der Waals surface area (Å²) in [6.45, 7) is 10.6. The Morgan fingerprint density at radius 2 is 2.00 bits per heavy atom. The van der Waals surface area contributed by atoms with Crippen LogP contribution in [0.1, 0.15) is 44.7 Å². The smallest absolute Gasteiger partial charge is 0.191 e. The molecule has 1 fully saturated rings. The van der Waals surface area contributed by atoms with Gasteiger partial charge in [0.15, 0.2) is 5.96 Å². The first kappa shape index (κ1) is 22.7. The number of guanidine groups is 1. The van der Waals surface area contributed by atoms with Crippen LogP contribution in [0.5, 0.6) is 11.5 Å². The zero-order chi connectivity index (χ0) is 21.6. The van der Waals surface area contributed by atoms with E-state index in [0.717, 1.165) is 68.6 Å². The van der Waals surface area contributed by atoms with Crippen molar-refractivity contribution in [2.45, 2.75) is 58.2 Å². The van der Waals surface area contributed by atoms with Gasteiger partial charge in [0.2, 0.25) is 0 Å². The van der Waals surface area contributed by atoms with Gasteiger partial charge in [-0.2, -0.15) is 0 Å². The molecule has 3 rings (SSSR count). The Morgan fingerprint density at radius 1 is 1.23 bits per heavy atom. The van der Waals surface area contributed by atoms with Crippen LogP contribution in [0.4, 0.5) is 0 Å². The second-order valence-electron chi connectivity index (χ2n) is 8.41. The summed E-state index contributed by atoms with van der Waals surface area (Å²) in [5, 5.41) is 6.94. The molecule has 0 amide bonds. The molecule has 0 aliphatic carbocycles. The number of fused-ring (bicyclic) bond motifs is 1. The van der Waals surface area contributed by atoms with Gasteiger partial charge in [-0.1, -0.05) is 0 Å². The molecular weight excluding hydrogens is 380 g/mol. The van der Waals surface area contributed by atoms with Crippen molar-refractivity contribution in [2.24, 2.45) is 4.99 Å². The largest absolute Gasteiger partial charge is 0.494 e. The molecule has 0 bridgehead atoms. The van der Waals surface area contributed by atoms with Crippen molar-refractivity contribution < 1.29 is 14.2 Å². The highest BCUT2D eigenvalue weighted by atomic mass is 16.5. The minimum atomic E-state index is 0.0858. The summed E-state index contributed by atoms with van der Waals surface area (Å²) in [4.78, 5) is 7.17. The standard InChI is InChI=1S/C23H38N4O3/c1-6-24-22(26-16-23(27(4)5)8-10-28-11-9-23)25-15-19-14-21-18(12-17(3)30-21)13-20(19)29-7-2/h13-14,17H,6-12,15-16H2,1-5H3,(H2,24,25,26). The first-order chi connectivity index (χ1) is 14.5. The van der Waals surface area contributed by atoms with E-state index in [1.165, 1.54) is 5.56 Å². The normalized spacial score (nSPS) is 20.6. The van der Waals surface area contributed by atoms with Crippen molar-refractivity contribution in [3.8, 4) is 11.5 Å². The van der Waals surface area contributed by atoms with E-state index in [4.69, 9.17) is 19.2 Å². The number of benzene rings is 1. The van der Waals surface area contributed by atoms with Crippen molar-refractivity contribution in [3.05, 3.63) is 23.3 Å². The number of rotatable bonds is 8. The molecule has 1 aromatic rings. The lowest BCUT2D eigenvalue weighted by Crippen LogP contribution is -2.57. The number of nitrogens with one attached hydrogen (secondary N) is 2. The van der Waals surface area contributed by atoms with Crippen LogP contribution < -0.4 is 20.1 Å². The van der Waals surface area contributed by atoms with Gasteiger partial charge in [0.05, 0.1) is 13.2 Å². The van der Waals surface area contributed by atoms with E-state index in [1.54, 1.807) is 0 Å². The highest BCUT2D eigenvalue weighted by molar-refractivity contribution is 5.79. The lowest BCUT2D eigenvalue weighted by Gasteiger charge is -2.43. The van der Waals surface area contributed by atoms with E-state index in [-0.39, 0.29) is 11.6 Å². The maximum atomic E-state index is 5.95. The third-order valence-electron chi connectivity index (χ3n) is 6.09. The molecule has 2 aliphatic heterocycles. The average molecular weight is 419 g/mol. The molecule has 2 N–H and O–H groups in total. The molecule has 0 spiro atoms. The number of nitrogens with zero attached hydrogens (tertiary/aromatic N) is 2. The summed E-state index contributed by atoms with van der Waals surface area (Å²) >= 11 is 0. The summed E-state index contributed by atoms with van der Waals surface area (Å²) in [6.07, 6.45) is 3.18. The summed E-state index contributed by atoms with van der Waals surface area (Å²) in [6, 6.07) is 4.22. The highest BCUT2D eigenvalue weighted by Crippen LogP contribution is 2.35.